The van der Waals surface area contributed by atoms with Crippen molar-refractivity contribution in [2.24, 2.45) is 0 Å². The second kappa shape index (κ2) is 12.3. The SMILES string of the molecule is CCCCc1ccc(C(=O)NCCN2CCN(c3nc(Cc4ccc(Cl)cc4)ns3)CC2)cc1. The van der Waals surface area contributed by atoms with Crippen molar-refractivity contribution in [3.8, 4) is 0 Å². The zero-order chi connectivity index (χ0) is 23.8. The Kier molecular flexibility index (Phi) is 8.91. The fourth-order valence-corrected chi connectivity index (χ4v) is 4.89. The molecule has 3 aromatic rings. The summed E-state index contributed by atoms with van der Waals surface area (Å²) in [5.74, 6) is 0.855. The third-order valence-corrected chi connectivity index (χ3v) is 7.19. The van der Waals surface area contributed by atoms with E-state index in [2.05, 4.69) is 38.5 Å². The van der Waals surface area contributed by atoms with Crippen LogP contribution >= 0.6 is 23.1 Å². The van der Waals surface area contributed by atoms with Gasteiger partial charge in [0.1, 0.15) is 5.82 Å². The van der Waals surface area contributed by atoms with Crippen molar-refractivity contribution in [1.82, 2.24) is 19.6 Å². The number of benzene rings is 2. The van der Waals surface area contributed by atoms with E-state index in [1.807, 2.05) is 36.4 Å². The first kappa shape index (κ1) is 24.6. The van der Waals surface area contributed by atoms with E-state index in [-0.39, 0.29) is 5.91 Å². The number of aryl methyl sites for hydroxylation is 1. The number of rotatable bonds is 10. The lowest BCUT2D eigenvalue weighted by molar-refractivity contribution is 0.0948. The Morgan fingerprint density at radius 2 is 1.74 bits per heavy atom. The molecule has 1 aromatic heterocycles. The minimum Gasteiger partial charge on any atom is -0.351 e. The number of piperazine rings is 1. The summed E-state index contributed by atoms with van der Waals surface area (Å²) in [5.41, 5.74) is 3.19. The van der Waals surface area contributed by atoms with E-state index in [0.717, 1.165) is 72.7 Å². The molecule has 2 aromatic carbocycles. The molecule has 8 heteroatoms. The predicted molar refractivity (Wildman–Crippen MR) is 140 cm³/mol. The van der Waals surface area contributed by atoms with Crippen molar-refractivity contribution in [3.05, 3.63) is 76.1 Å². The average Bonchev–Trinajstić information content (AvgIpc) is 3.33. The maximum Gasteiger partial charge on any atom is 0.251 e. The number of nitrogens with one attached hydrogen (secondary N) is 1. The van der Waals surface area contributed by atoms with Crippen LogP contribution in [0, 0.1) is 0 Å². The summed E-state index contributed by atoms with van der Waals surface area (Å²) < 4.78 is 4.54. The molecular weight excluding hydrogens is 466 g/mol. The van der Waals surface area contributed by atoms with E-state index >= 15 is 0 Å². The number of halogens is 1. The van der Waals surface area contributed by atoms with Gasteiger partial charge in [0.15, 0.2) is 0 Å². The minimum atomic E-state index is 0.00255. The zero-order valence-corrected chi connectivity index (χ0v) is 21.2. The van der Waals surface area contributed by atoms with Crippen molar-refractivity contribution < 1.29 is 4.79 Å². The van der Waals surface area contributed by atoms with Gasteiger partial charge in [-0.1, -0.05) is 49.2 Å². The number of anilines is 1. The van der Waals surface area contributed by atoms with Gasteiger partial charge in [-0.25, -0.2) is 4.98 Å². The van der Waals surface area contributed by atoms with Gasteiger partial charge in [-0.05, 0) is 48.2 Å². The Labute approximate surface area is 211 Å². The average molecular weight is 498 g/mol. The molecule has 0 aliphatic carbocycles. The van der Waals surface area contributed by atoms with Gasteiger partial charge in [0.2, 0.25) is 5.13 Å². The van der Waals surface area contributed by atoms with Crippen LogP contribution < -0.4 is 10.2 Å². The van der Waals surface area contributed by atoms with Crippen molar-refractivity contribution in [1.29, 1.82) is 0 Å². The molecule has 1 aliphatic rings. The van der Waals surface area contributed by atoms with E-state index in [1.165, 1.54) is 29.9 Å². The molecule has 0 saturated carbocycles. The van der Waals surface area contributed by atoms with Gasteiger partial charge in [-0.3, -0.25) is 9.69 Å². The van der Waals surface area contributed by atoms with Crippen LogP contribution in [0.25, 0.3) is 0 Å². The van der Waals surface area contributed by atoms with Crippen LogP contribution in [0.5, 0.6) is 0 Å². The van der Waals surface area contributed by atoms with Crippen LogP contribution in [0.4, 0.5) is 5.13 Å². The molecular formula is C26H32ClN5OS. The van der Waals surface area contributed by atoms with E-state index in [0.29, 0.717) is 6.54 Å². The summed E-state index contributed by atoms with van der Waals surface area (Å²) in [7, 11) is 0. The molecule has 0 radical (unpaired) electrons. The first-order valence-corrected chi connectivity index (χ1v) is 13.2. The normalized spacial score (nSPS) is 14.4. The standard InChI is InChI=1S/C26H32ClN5OS/c1-2-3-4-20-5-9-22(10-6-20)25(33)28-13-14-31-15-17-32(18-16-31)26-29-24(30-34-26)19-21-7-11-23(27)12-8-21/h5-12H,2-4,13-19H2,1H3,(H,28,33). The molecule has 180 valence electrons. The van der Waals surface area contributed by atoms with Crippen LogP contribution in [-0.2, 0) is 12.8 Å². The quantitative estimate of drug-likeness (QED) is 0.441. The van der Waals surface area contributed by atoms with Crippen LogP contribution in [-0.4, -0.2) is 59.4 Å². The summed E-state index contributed by atoms with van der Waals surface area (Å²) in [4.78, 5) is 21.9. The predicted octanol–water partition coefficient (Wildman–Crippen LogP) is 4.68. The van der Waals surface area contributed by atoms with Crippen molar-refractivity contribution in [3.63, 3.8) is 0 Å². The molecule has 1 N–H and O–H groups in total. The molecule has 6 nitrogen and oxygen atoms in total. The molecule has 1 fully saturated rings. The molecule has 34 heavy (non-hydrogen) atoms. The van der Waals surface area contributed by atoms with Gasteiger partial charge < -0.3 is 10.2 Å². The molecule has 0 bridgehead atoms. The monoisotopic (exact) mass is 497 g/mol. The second-order valence-electron chi connectivity index (χ2n) is 8.68. The topological polar surface area (TPSA) is 61.4 Å². The molecule has 4 rings (SSSR count). The van der Waals surface area contributed by atoms with Crippen LogP contribution in [0.3, 0.4) is 0 Å². The van der Waals surface area contributed by atoms with Gasteiger partial charge in [0.25, 0.3) is 5.91 Å². The first-order valence-electron chi connectivity index (χ1n) is 12.0. The maximum absolute atomic E-state index is 12.4. The van der Waals surface area contributed by atoms with Crippen LogP contribution in [0.1, 0.15) is 47.1 Å². The Bertz CT molecular complexity index is 1050. The summed E-state index contributed by atoms with van der Waals surface area (Å²) in [5, 5.41) is 4.78. The highest BCUT2D eigenvalue weighted by molar-refractivity contribution is 7.09. The van der Waals surface area contributed by atoms with E-state index in [9.17, 15) is 4.79 Å². The largest absolute Gasteiger partial charge is 0.351 e. The van der Waals surface area contributed by atoms with E-state index in [4.69, 9.17) is 16.6 Å². The van der Waals surface area contributed by atoms with Gasteiger partial charge >= 0.3 is 0 Å². The molecule has 1 amide bonds. The second-order valence-corrected chi connectivity index (χ2v) is 9.85. The summed E-state index contributed by atoms with van der Waals surface area (Å²) in [6.07, 6.45) is 4.16. The Morgan fingerprint density at radius 3 is 2.44 bits per heavy atom. The van der Waals surface area contributed by atoms with Crippen molar-refractivity contribution in [2.75, 3.05) is 44.2 Å². The molecule has 0 atom stereocenters. The number of amides is 1. The Balaban J connectivity index is 1.17. The van der Waals surface area contributed by atoms with Crippen LogP contribution in [0.15, 0.2) is 48.5 Å². The fraction of sp³-hybridized carbons (Fsp3) is 0.423. The number of aromatic nitrogens is 2. The van der Waals surface area contributed by atoms with Gasteiger partial charge in [0, 0.05) is 67.8 Å². The highest BCUT2D eigenvalue weighted by Crippen LogP contribution is 2.21. The Morgan fingerprint density at radius 1 is 1.03 bits per heavy atom. The lowest BCUT2D eigenvalue weighted by Gasteiger charge is -2.34. The number of hydrogen-bond acceptors (Lipinski definition) is 6. The zero-order valence-electron chi connectivity index (χ0n) is 19.7. The highest BCUT2D eigenvalue weighted by Gasteiger charge is 2.20. The Hall–Kier alpha value is -2.48. The highest BCUT2D eigenvalue weighted by atomic mass is 35.5. The maximum atomic E-state index is 12.4. The number of carbonyl (C=O) groups is 1. The van der Waals surface area contributed by atoms with Crippen molar-refractivity contribution in [2.45, 2.75) is 32.6 Å². The molecule has 2 heterocycles. The fourth-order valence-electron chi connectivity index (χ4n) is 4.03. The minimum absolute atomic E-state index is 0.00255. The van der Waals surface area contributed by atoms with Gasteiger partial charge in [-0.2, -0.15) is 4.37 Å². The van der Waals surface area contributed by atoms with Crippen molar-refractivity contribution >= 4 is 34.2 Å². The first-order chi connectivity index (χ1) is 16.6. The summed E-state index contributed by atoms with van der Waals surface area (Å²) in [6.45, 7) is 7.44. The third kappa shape index (κ3) is 7.01. The summed E-state index contributed by atoms with van der Waals surface area (Å²) in [6, 6.07) is 15.8. The number of unbranched alkanes of at least 4 members (excludes halogenated alkanes) is 1. The lowest BCUT2D eigenvalue weighted by atomic mass is 10.1. The molecule has 1 saturated heterocycles. The lowest BCUT2D eigenvalue weighted by Crippen LogP contribution is -2.48. The number of carbonyl (C=O) groups excluding carboxylic acids is 1. The van der Waals surface area contributed by atoms with E-state index < -0.39 is 0 Å². The molecule has 0 spiro atoms. The number of hydrogen-bond donors (Lipinski definition) is 1. The third-order valence-electron chi connectivity index (χ3n) is 6.12. The molecule has 1 aliphatic heterocycles. The van der Waals surface area contributed by atoms with Gasteiger partial charge in [0.05, 0.1) is 0 Å². The van der Waals surface area contributed by atoms with Crippen LogP contribution in [0.2, 0.25) is 5.02 Å². The number of nitrogens with zero attached hydrogens (tertiary/aromatic N) is 4. The summed E-state index contributed by atoms with van der Waals surface area (Å²) >= 11 is 7.43. The van der Waals surface area contributed by atoms with Gasteiger partial charge in [-0.15, -0.1) is 0 Å². The molecule has 0 unspecified atom stereocenters. The van der Waals surface area contributed by atoms with E-state index in [1.54, 1.807) is 0 Å². The smallest absolute Gasteiger partial charge is 0.251 e.